The maximum atomic E-state index is 12.8. The minimum Gasteiger partial charge on any atom is -0.492 e. The van der Waals surface area contributed by atoms with Crippen molar-refractivity contribution in [2.24, 2.45) is 0 Å². The summed E-state index contributed by atoms with van der Waals surface area (Å²) in [7, 11) is 4.17. The van der Waals surface area contributed by atoms with E-state index in [1.54, 1.807) is 0 Å². The highest BCUT2D eigenvalue weighted by Gasteiger charge is 2.32. The third-order valence-corrected chi connectivity index (χ3v) is 4.62. The van der Waals surface area contributed by atoms with E-state index in [2.05, 4.69) is 0 Å². The summed E-state index contributed by atoms with van der Waals surface area (Å²) >= 11 is 0. The molecule has 138 valence electrons. The molecule has 2 aromatic carbocycles. The van der Waals surface area contributed by atoms with Gasteiger partial charge in [0.05, 0.1) is 32.1 Å². The van der Waals surface area contributed by atoms with Crippen LogP contribution in [0.4, 0.5) is 0 Å². The van der Waals surface area contributed by atoms with Gasteiger partial charge in [0, 0.05) is 5.39 Å². The second-order valence-corrected chi connectivity index (χ2v) is 5.82. The maximum Gasteiger partial charge on any atom is 0.348 e. The van der Waals surface area contributed by atoms with E-state index in [1.807, 2.05) is 0 Å². The molecule has 0 unspecified atom stereocenters. The number of benzene rings is 2. The lowest BCUT2D eigenvalue weighted by Gasteiger charge is -2.17. The van der Waals surface area contributed by atoms with Crippen molar-refractivity contribution in [1.29, 1.82) is 0 Å². The topological polar surface area (TPSA) is 107 Å². The quantitative estimate of drug-likeness (QED) is 0.395. The zero-order valence-corrected chi connectivity index (χ0v) is 14.5. The van der Waals surface area contributed by atoms with Gasteiger partial charge < -0.3 is 32.5 Å². The largest absolute Gasteiger partial charge is 0.492 e. The molecule has 1 aliphatic rings. The summed E-state index contributed by atoms with van der Waals surface area (Å²) in [5.41, 5.74) is -1.19. The second kappa shape index (κ2) is 5.19. The minimum atomic E-state index is -0.704. The van der Waals surface area contributed by atoms with Gasteiger partial charge in [-0.05, 0) is 6.07 Å². The molecule has 9 heteroatoms. The van der Waals surface area contributed by atoms with Gasteiger partial charge in [-0.15, -0.1) is 0 Å². The Labute approximate surface area is 149 Å². The first kappa shape index (κ1) is 15.6. The number of ether oxygens (including phenoxy) is 5. The Balaban J connectivity index is 2.19. The zero-order valence-electron chi connectivity index (χ0n) is 14.5. The summed E-state index contributed by atoms with van der Waals surface area (Å²) in [6, 6.07) is 1.50. The molecule has 0 radical (unpaired) electrons. The van der Waals surface area contributed by atoms with Crippen molar-refractivity contribution >= 4 is 32.7 Å². The van der Waals surface area contributed by atoms with Gasteiger partial charge in [-0.25, -0.2) is 9.59 Å². The molecule has 1 aliphatic heterocycles. The fourth-order valence-electron chi connectivity index (χ4n) is 3.57. The molecule has 0 saturated carbocycles. The molecule has 4 aromatic rings. The highest BCUT2D eigenvalue weighted by atomic mass is 16.7. The molecular weight excluding hydrogens is 360 g/mol. The van der Waals surface area contributed by atoms with Crippen molar-refractivity contribution in [1.82, 2.24) is 0 Å². The lowest BCUT2D eigenvalue weighted by molar-refractivity contribution is 0.174. The molecule has 0 N–H and O–H groups in total. The first-order valence-electron chi connectivity index (χ1n) is 7.87. The lowest BCUT2D eigenvalue weighted by atomic mass is 10.0. The molecule has 2 aromatic heterocycles. The fourth-order valence-corrected chi connectivity index (χ4v) is 3.57. The maximum absolute atomic E-state index is 12.8. The van der Waals surface area contributed by atoms with E-state index < -0.39 is 11.3 Å². The average molecular weight is 372 g/mol. The number of hydrogen-bond donors (Lipinski definition) is 0. The first-order chi connectivity index (χ1) is 13.1. The van der Waals surface area contributed by atoms with Gasteiger partial charge in [-0.1, -0.05) is 0 Å². The van der Waals surface area contributed by atoms with Gasteiger partial charge in [0.2, 0.25) is 24.0 Å². The van der Waals surface area contributed by atoms with E-state index in [0.717, 1.165) is 0 Å². The summed E-state index contributed by atoms with van der Waals surface area (Å²) in [6.45, 7) is -0.0488. The summed E-state index contributed by atoms with van der Waals surface area (Å²) in [5, 5.41) is 0.943. The van der Waals surface area contributed by atoms with Gasteiger partial charge in [0.1, 0.15) is 5.39 Å². The van der Waals surface area contributed by atoms with Crippen LogP contribution in [0.15, 0.2) is 24.5 Å². The number of hydrogen-bond acceptors (Lipinski definition) is 9. The van der Waals surface area contributed by atoms with E-state index in [9.17, 15) is 9.59 Å². The van der Waals surface area contributed by atoms with Gasteiger partial charge >= 0.3 is 11.3 Å². The third kappa shape index (κ3) is 1.77. The highest BCUT2D eigenvalue weighted by molar-refractivity contribution is 6.23. The predicted molar refractivity (Wildman–Crippen MR) is 93.0 cm³/mol. The minimum absolute atomic E-state index is 0.0488. The van der Waals surface area contributed by atoms with Crippen LogP contribution in [0.25, 0.3) is 32.7 Å². The molecule has 0 bridgehead atoms. The molecule has 0 aliphatic carbocycles. The number of rotatable bonds is 3. The molecule has 5 rings (SSSR count). The zero-order chi connectivity index (χ0) is 18.9. The average Bonchev–Trinajstić information content (AvgIpc) is 3.14. The van der Waals surface area contributed by atoms with Crippen molar-refractivity contribution in [2.45, 2.75) is 0 Å². The van der Waals surface area contributed by atoms with Crippen LogP contribution in [0, 0.1) is 0 Å². The molecule has 0 amide bonds. The fraction of sp³-hybridized carbons (Fsp3) is 0.222. The third-order valence-electron chi connectivity index (χ3n) is 4.62. The molecule has 0 atom stereocenters. The van der Waals surface area contributed by atoms with Gasteiger partial charge in [-0.3, -0.25) is 0 Å². The van der Waals surface area contributed by atoms with Crippen molar-refractivity contribution in [3.8, 4) is 28.7 Å². The van der Waals surface area contributed by atoms with Crippen LogP contribution in [0.3, 0.4) is 0 Å². The Morgan fingerprint density at radius 3 is 2.19 bits per heavy atom. The summed E-state index contributed by atoms with van der Waals surface area (Å²) in [6.07, 6.45) is 0. The Morgan fingerprint density at radius 2 is 1.48 bits per heavy atom. The summed E-state index contributed by atoms with van der Waals surface area (Å²) < 4.78 is 37.9. The molecule has 0 spiro atoms. The van der Waals surface area contributed by atoms with E-state index in [0.29, 0.717) is 16.5 Å². The molecule has 0 saturated heterocycles. The van der Waals surface area contributed by atoms with E-state index in [1.165, 1.54) is 27.4 Å². The van der Waals surface area contributed by atoms with Crippen LogP contribution in [-0.4, -0.2) is 28.1 Å². The lowest BCUT2D eigenvalue weighted by Crippen LogP contribution is -2.10. The Hall–Kier alpha value is -3.62. The van der Waals surface area contributed by atoms with E-state index >= 15 is 0 Å². The SMILES string of the molecule is COc1c(OC)c2oc(=O)c3cc4c(c5oc(=O)c(c1OC)c2c53)OCO4. The summed E-state index contributed by atoms with van der Waals surface area (Å²) in [5.74, 6) is 0.914. The number of methoxy groups -OCH3 is 3. The summed E-state index contributed by atoms with van der Waals surface area (Å²) in [4.78, 5) is 25.5. The van der Waals surface area contributed by atoms with E-state index in [-0.39, 0.29) is 51.7 Å². The van der Waals surface area contributed by atoms with Crippen LogP contribution in [0.2, 0.25) is 0 Å². The Morgan fingerprint density at radius 1 is 0.778 bits per heavy atom. The van der Waals surface area contributed by atoms with Gasteiger partial charge in [-0.2, -0.15) is 0 Å². The predicted octanol–water partition coefficient (Wildman–Crippen LogP) is 2.24. The Bertz CT molecular complexity index is 1350. The van der Waals surface area contributed by atoms with Gasteiger partial charge in [0.15, 0.2) is 22.7 Å². The second-order valence-electron chi connectivity index (χ2n) is 5.82. The van der Waals surface area contributed by atoms with Crippen LogP contribution in [-0.2, 0) is 0 Å². The molecule has 9 nitrogen and oxygen atoms in total. The Kier molecular flexibility index (Phi) is 3.00. The van der Waals surface area contributed by atoms with Gasteiger partial charge in [0.25, 0.3) is 0 Å². The molecule has 0 fully saturated rings. The molecular formula is C18H12O9. The first-order valence-corrected chi connectivity index (χ1v) is 7.87. The van der Waals surface area contributed by atoms with E-state index in [4.69, 9.17) is 32.5 Å². The monoisotopic (exact) mass is 372 g/mol. The van der Waals surface area contributed by atoms with Crippen LogP contribution >= 0.6 is 0 Å². The standard InChI is InChI=1S/C18H12O9/c1-21-12-10-9-8-6(17(19)26-14(9)16(23-3)15(12)22-2)4-7-11(25-5-24-7)13(8)27-18(10)20/h4H,5H2,1-3H3. The van der Waals surface area contributed by atoms with Crippen molar-refractivity contribution in [3.63, 3.8) is 0 Å². The molecule has 27 heavy (non-hydrogen) atoms. The van der Waals surface area contributed by atoms with Crippen LogP contribution in [0.1, 0.15) is 0 Å². The van der Waals surface area contributed by atoms with Crippen molar-refractivity contribution in [3.05, 3.63) is 26.9 Å². The highest BCUT2D eigenvalue weighted by Crippen LogP contribution is 2.51. The van der Waals surface area contributed by atoms with Crippen molar-refractivity contribution < 1.29 is 32.5 Å². The molecule has 3 heterocycles. The van der Waals surface area contributed by atoms with Crippen molar-refractivity contribution in [2.75, 3.05) is 28.1 Å². The smallest absolute Gasteiger partial charge is 0.348 e. The normalized spacial score (nSPS) is 13.0. The number of fused-ring (bicyclic) bond motifs is 2. The van der Waals surface area contributed by atoms with Crippen LogP contribution < -0.4 is 34.9 Å². The van der Waals surface area contributed by atoms with Crippen LogP contribution in [0.5, 0.6) is 28.7 Å².